The predicted octanol–water partition coefficient (Wildman–Crippen LogP) is 1.36. The van der Waals surface area contributed by atoms with Gasteiger partial charge in [0.2, 0.25) is 0 Å². The fraction of sp³-hybridized carbons (Fsp3) is 0.333. The molecule has 26 heavy (non-hydrogen) atoms. The number of aromatic nitrogens is 2. The lowest BCUT2D eigenvalue weighted by Crippen LogP contribution is -2.43. The van der Waals surface area contributed by atoms with Gasteiger partial charge in [-0.15, -0.1) is 0 Å². The van der Waals surface area contributed by atoms with Gasteiger partial charge >= 0.3 is 12.0 Å². The van der Waals surface area contributed by atoms with Gasteiger partial charge < -0.3 is 10.1 Å². The van der Waals surface area contributed by atoms with Crippen LogP contribution in [-0.4, -0.2) is 40.8 Å². The van der Waals surface area contributed by atoms with E-state index >= 15 is 0 Å². The summed E-state index contributed by atoms with van der Waals surface area (Å²) in [6.45, 7) is 1.41. The molecule has 3 amide bonds. The largest absolute Gasteiger partial charge is 0.448 e. The molecule has 1 aliphatic rings. The lowest BCUT2D eigenvalue weighted by Gasteiger charge is -2.12. The van der Waals surface area contributed by atoms with Gasteiger partial charge in [0.25, 0.3) is 5.91 Å². The second-order valence-corrected chi connectivity index (χ2v) is 5.99. The Labute approximate surface area is 150 Å². The Balaban J connectivity index is 1.80. The zero-order valence-corrected chi connectivity index (χ0v) is 14.6. The fourth-order valence-electron chi connectivity index (χ4n) is 2.93. The Bertz CT molecular complexity index is 844. The van der Waals surface area contributed by atoms with Crippen molar-refractivity contribution in [2.45, 2.75) is 32.3 Å². The molecule has 0 spiro atoms. The molecule has 8 heteroatoms. The zero-order chi connectivity index (χ0) is 18.7. The number of nitrogens with one attached hydrogen (secondary N) is 2. The third-order valence-electron chi connectivity index (χ3n) is 4.24. The minimum Gasteiger partial charge on any atom is -0.448 e. The standard InChI is InChI=1S/C18H20N4O4/c1-11(16(23)20-18(25)19-2)26-17(24)15-13-9-6-10-14(13)22(21-15)12-7-4-3-5-8-12/h3-5,7-8,11H,6,9-10H2,1-2H3,(H2,19,20,23,25). The minimum absolute atomic E-state index is 0.223. The molecule has 0 radical (unpaired) electrons. The first kappa shape index (κ1) is 17.7. The smallest absolute Gasteiger partial charge is 0.359 e. The van der Waals surface area contributed by atoms with Crippen molar-refractivity contribution in [3.63, 3.8) is 0 Å². The summed E-state index contributed by atoms with van der Waals surface area (Å²) >= 11 is 0. The van der Waals surface area contributed by atoms with E-state index in [2.05, 4.69) is 15.7 Å². The topological polar surface area (TPSA) is 102 Å². The van der Waals surface area contributed by atoms with Gasteiger partial charge in [-0.3, -0.25) is 10.1 Å². The van der Waals surface area contributed by atoms with E-state index in [9.17, 15) is 14.4 Å². The monoisotopic (exact) mass is 356 g/mol. The number of rotatable bonds is 4. The first-order valence-electron chi connectivity index (χ1n) is 8.41. The molecule has 0 aliphatic heterocycles. The van der Waals surface area contributed by atoms with Crippen molar-refractivity contribution in [1.82, 2.24) is 20.4 Å². The summed E-state index contributed by atoms with van der Waals surface area (Å²) in [5, 5.41) is 8.76. The average Bonchev–Trinajstić information content (AvgIpc) is 3.24. The molecule has 1 heterocycles. The van der Waals surface area contributed by atoms with Crippen LogP contribution >= 0.6 is 0 Å². The Morgan fingerprint density at radius 2 is 1.92 bits per heavy atom. The number of para-hydroxylation sites is 1. The van der Waals surface area contributed by atoms with Gasteiger partial charge in [-0.2, -0.15) is 5.10 Å². The van der Waals surface area contributed by atoms with Crippen LogP contribution in [0.4, 0.5) is 4.79 Å². The van der Waals surface area contributed by atoms with Crippen LogP contribution in [0.15, 0.2) is 30.3 Å². The average molecular weight is 356 g/mol. The first-order valence-corrected chi connectivity index (χ1v) is 8.41. The highest BCUT2D eigenvalue weighted by atomic mass is 16.5. The van der Waals surface area contributed by atoms with Crippen molar-refractivity contribution >= 4 is 17.9 Å². The minimum atomic E-state index is -1.11. The zero-order valence-electron chi connectivity index (χ0n) is 14.6. The molecule has 0 bridgehead atoms. The van der Waals surface area contributed by atoms with Gasteiger partial charge in [0, 0.05) is 18.3 Å². The number of ether oxygens (including phenoxy) is 1. The Morgan fingerprint density at radius 1 is 1.19 bits per heavy atom. The number of esters is 1. The maximum absolute atomic E-state index is 12.5. The number of hydrogen-bond acceptors (Lipinski definition) is 5. The van der Waals surface area contributed by atoms with Crippen molar-refractivity contribution < 1.29 is 19.1 Å². The van der Waals surface area contributed by atoms with Gasteiger partial charge in [0.05, 0.1) is 5.69 Å². The molecule has 2 aromatic rings. The molecule has 136 valence electrons. The molecule has 1 unspecified atom stereocenters. The van der Waals surface area contributed by atoms with E-state index in [4.69, 9.17) is 4.74 Å². The number of fused-ring (bicyclic) bond motifs is 1. The Hall–Kier alpha value is -3.16. The van der Waals surface area contributed by atoms with Crippen molar-refractivity contribution in [3.8, 4) is 5.69 Å². The van der Waals surface area contributed by atoms with E-state index in [0.29, 0.717) is 0 Å². The number of urea groups is 1. The number of amides is 3. The predicted molar refractivity (Wildman–Crippen MR) is 93.1 cm³/mol. The molecule has 0 fully saturated rings. The van der Waals surface area contributed by atoms with Crippen molar-refractivity contribution in [1.29, 1.82) is 0 Å². The van der Waals surface area contributed by atoms with Crippen molar-refractivity contribution in [2.24, 2.45) is 0 Å². The van der Waals surface area contributed by atoms with Crippen LogP contribution in [0.5, 0.6) is 0 Å². The van der Waals surface area contributed by atoms with Gasteiger partial charge in [0.15, 0.2) is 11.8 Å². The molecule has 2 N–H and O–H groups in total. The number of nitrogens with zero attached hydrogens (tertiary/aromatic N) is 2. The summed E-state index contributed by atoms with van der Waals surface area (Å²) < 4.78 is 6.97. The molecule has 1 aromatic carbocycles. The van der Waals surface area contributed by atoms with Crippen LogP contribution in [0.3, 0.4) is 0 Å². The van der Waals surface area contributed by atoms with E-state index in [1.165, 1.54) is 14.0 Å². The number of hydrogen-bond donors (Lipinski definition) is 2. The normalized spacial score (nSPS) is 13.6. The Kier molecular flexibility index (Phi) is 5.01. The number of carbonyl (C=O) groups is 3. The molecular formula is C18H20N4O4. The maximum Gasteiger partial charge on any atom is 0.359 e. The highest BCUT2D eigenvalue weighted by molar-refractivity contribution is 5.98. The SMILES string of the molecule is CNC(=O)NC(=O)C(C)OC(=O)c1nn(-c2ccccc2)c2c1CCC2. The summed E-state index contributed by atoms with van der Waals surface area (Å²) in [5.41, 5.74) is 2.94. The summed E-state index contributed by atoms with van der Waals surface area (Å²) in [4.78, 5) is 35.6. The molecule has 1 aromatic heterocycles. The van der Waals surface area contributed by atoms with Gasteiger partial charge in [-0.25, -0.2) is 14.3 Å². The van der Waals surface area contributed by atoms with Gasteiger partial charge in [-0.05, 0) is 38.3 Å². The molecular weight excluding hydrogens is 336 g/mol. The molecule has 3 rings (SSSR count). The van der Waals surface area contributed by atoms with E-state index in [1.807, 2.05) is 30.3 Å². The summed E-state index contributed by atoms with van der Waals surface area (Å²) in [6, 6.07) is 8.89. The third-order valence-corrected chi connectivity index (χ3v) is 4.24. The van der Waals surface area contributed by atoms with Crippen molar-refractivity contribution in [3.05, 3.63) is 47.3 Å². The molecule has 8 nitrogen and oxygen atoms in total. The summed E-state index contributed by atoms with van der Waals surface area (Å²) in [6.07, 6.45) is 1.40. The van der Waals surface area contributed by atoms with Gasteiger partial charge in [-0.1, -0.05) is 18.2 Å². The summed E-state index contributed by atoms with van der Waals surface area (Å²) in [5.74, 6) is -1.37. The van der Waals surface area contributed by atoms with Gasteiger partial charge in [0.1, 0.15) is 0 Å². The lowest BCUT2D eigenvalue weighted by atomic mass is 10.2. The highest BCUT2D eigenvalue weighted by Crippen LogP contribution is 2.28. The van der Waals surface area contributed by atoms with Crippen LogP contribution in [0.25, 0.3) is 5.69 Å². The first-order chi connectivity index (χ1) is 12.5. The van der Waals surface area contributed by atoms with E-state index in [0.717, 1.165) is 36.2 Å². The second kappa shape index (κ2) is 7.38. The van der Waals surface area contributed by atoms with E-state index in [1.54, 1.807) is 4.68 Å². The number of benzene rings is 1. The molecule has 1 aliphatic carbocycles. The Morgan fingerprint density at radius 3 is 2.62 bits per heavy atom. The quantitative estimate of drug-likeness (QED) is 0.806. The van der Waals surface area contributed by atoms with Crippen LogP contribution in [-0.2, 0) is 22.4 Å². The van der Waals surface area contributed by atoms with Crippen LogP contribution in [0.2, 0.25) is 0 Å². The third kappa shape index (κ3) is 3.44. The van der Waals surface area contributed by atoms with Crippen LogP contribution in [0.1, 0.15) is 35.1 Å². The van der Waals surface area contributed by atoms with Crippen molar-refractivity contribution in [2.75, 3.05) is 7.05 Å². The lowest BCUT2D eigenvalue weighted by molar-refractivity contribution is -0.127. The number of imide groups is 1. The highest BCUT2D eigenvalue weighted by Gasteiger charge is 2.30. The van der Waals surface area contributed by atoms with E-state index in [-0.39, 0.29) is 5.69 Å². The number of carbonyl (C=O) groups excluding carboxylic acids is 3. The summed E-state index contributed by atoms with van der Waals surface area (Å²) in [7, 11) is 1.39. The van der Waals surface area contributed by atoms with Crippen LogP contribution < -0.4 is 10.6 Å². The molecule has 0 saturated heterocycles. The molecule has 1 atom stereocenters. The second-order valence-electron chi connectivity index (χ2n) is 5.99. The van der Waals surface area contributed by atoms with E-state index < -0.39 is 24.0 Å². The fourth-order valence-corrected chi connectivity index (χ4v) is 2.93. The van der Waals surface area contributed by atoms with Crippen LogP contribution in [0, 0.1) is 0 Å². The molecule has 0 saturated carbocycles. The maximum atomic E-state index is 12.5.